The normalized spacial score (nSPS) is 12.4. The molecule has 8 nitrogen and oxygen atoms in total. The minimum Gasteiger partial charge on any atom is -0.481 e. The number of fused-ring (bicyclic) bond motifs is 1. The Kier molecular flexibility index (Phi) is 6.63. The van der Waals surface area contributed by atoms with E-state index in [1.165, 1.54) is 25.6 Å². The number of amides is 1. The highest BCUT2D eigenvalue weighted by Gasteiger charge is 2.17. The molecule has 1 heterocycles. The summed E-state index contributed by atoms with van der Waals surface area (Å²) in [5, 5.41) is 0. The third-order valence-electron chi connectivity index (χ3n) is 4.23. The van der Waals surface area contributed by atoms with Crippen LogP contribution in [-0.4, -0.2) is 42.7 Å². The average molecular weight is 428 g/mol. The van der Waals surface area contributed by atoms with Crippen molar-refractivity contribution in [3.05, 3.63) is 58.9 Å². The number of carbonyl (C=O) groups is 3. The van der Waals surface area contributed by atoms with E-state index in [2.05, 4.69) is 4.99 Å². The molecule has 0 saturated carbocycles. The number of methoxy groups -OCH3 is 2. The molecule has 3 aromatic rings. The molecule has 1 atom stereocenters. The van der Waals surface area contributed by atoms with Gasteiger partial charge in [0.15, 0.2) is 10.9 Å². The van der Waals surface area contributed by atoms with Crippen molar-refractivity contribution in [1.29, 1.82) is 0 Å². The summed E-state index contributed by atoms with van der Waals surface area (Å²) in [6.07, 6.45) is -0.824. The number of thiazole rings is 1. The van der Waals surface area contributed by atoms with Gasteiger partial charge < -0.3 is 18.8 Å². The fourth-order valence-corrected chi connectivity index (χ4v) is 3.76. The first-order valence-corrected chi connectivity index (χ1v) is 9.83. The smallest absolute Gasteiger partial charge is 0.337 e. The Balaban J connectivity index is 2.01. The quantitative estimate of drug-likeness (QED) is 0.560. The molecule has 0 fully saturated rings. The molecule has 2 aromatic carbocycles. The van der Waals surface area contributed by atoms with Crippen LogP contribution in [0.25, 0.3) is 10.2 Å². The molecule has 156 valence electrons. The molecule has 0 aliphatic heterocycles. The number of aromatic nitrogens is 1. The molecule has 0 aliphatic carbocycles. The largest absolute Gasteiger partial charge is 0.481 e. The molecule has 0 N–H and O–H groups in total. The number of hydrogen-bond donors (Lipinski definition) is 0. The fraction of sp³-hybridized carbons (Fsp3) is 0.238. The fourth-order valence-electron chi connectivity index (χ4n) is 2.69. The minimum atomic E-state index is -0.824. The summed E-state index contributed by atoms with van der Waals surface area (Å²) in [6, 6.07) is 13.8. The number of carbonyl (C=O) groups excluding carboxylic acids is 3. The van der Waals surface area contributed by atoms with Crippen LogP contribution in [0, 0.1) is 0 Å². The number of rotatable bonds is 6. The van der Waals surface area contributed by atoms with E-state index in [1.54, 1.807) is 54.0 Å². The van der Waals surface area contributed by atoms with E-state index >= 15 is 0 Å². The summed E-state index contributed by atoms with van der Waals surface area (Å²) in [5.74, 6) is -0.925. The maximum atomic E-state index is 12.6. The number of benzene rings is 2. The second kappa shape index (κ2) is 9.36. The Labute approximate surface area is 176 Å². The van der Waals surface area contributed by atoms with Gasteiger partial charge >= 0.3 is 11.9 Å². The Hall–Kier alpha value is -3.46. The van der Waals surface area contributed by atoms with Crippen molar-refractivity contribution >= 4 is 39.4 Å². The van der Waals surface area contributed by atoms with Crippen LogP contribution in [0.5, 0.6) is 5.75 Å². The molecule has 1 unspecified atom stereocenters. The summed E-state index contributed by atoms with van der Waals surface area (Å²) >= 11 is 1.17. The van der Waals surface area contributed by atoms with Crippen LogP contribution in [0.4, 0.5) is 0 Å². The maximum absolute atomic E-state index is 12.6. The Morgan fingerprint density at radius 3 is 2.47 bits per heavy atom. The number of hydrogen-bond acceptors (Lipinski definition) is 7. The van der Waals surface area contributed by atoms with Crippen LogP contribution < -0.4 is 9.54 Å². The average Bonchev–Trinajstić information content (AvgIpc) is 3.09. The zero-order chi connectivity index (χ0) is 21.7. The van der Waals surface area contributed by atoms with E-state index in [4.69, 9.17) is 14.2 Å². The number of esters is 2. The monoisotopic (exact) mass is 428 g/mol. The van der Waals surface area contributed by atoms with E-state index in [1.807, 2.05) is 6.07 Å². The summed E-state index contributed by atoms with van der Waals surface area (Å²) in [4.78, 5) is 40.8. The topological polar surface area (TPSA) is 96.2 Å². The van der Waals surface area contributed by atoms with Crippen LogP contribution in [0.15, 0.2) is 53.5 Å². The maximum Gasteiger partial charge on any atom is 0.337 e. The molecular formula is C21H20N2O6S. The van der Waals surface area contributed by atoms with Crippen molar-refractivity contribution in [3.63, 3.8) is 0 Å². The molecule has 1 amide bonds. The Morgan fingerprint density at radius 2 is 1.80 bits per heavy atom. The lowest BCUT2D eigenvalue weighted by Crippen LogP contribution is -2.27. The molecule has 0 radical (unpaired) electrons. The van der Waals surface area contributed by atoms with Gasteiger partial charge in [-0.15, -0.1) is 0 Å². The van der Waals surface area contributed by atoms with Gasteiger partial charge in [-0.2, -0.15) is 4.99 Å². The van der Waals surface area contributed by atoms with Gasteiger partial charge in [0.25, 0.3) is 5.91 Å². The second-order valence-corrected chi connectivity index (χ2v) is 7.25. The van der Waals surface area contributed by atoms with Crippen molar-refractivity contribution in [3.8, 4) is 5.75 Å². The molecule has 3 rings (SSSR count). The van der Waals surface area contributed by atoms with Crippen LogP contribution in [0.3, 0.4) is 0 Å². The van der Waals surface area contributed by atoms with Crippen molar-refractivity contribution in [2.75, 3.05) is 14.2 Å². The molecule has 0 bridgehead atoms. The van der Waals surface area contributed by atoms with Gasteiger partial charge in [-0.25, -0.2) is 4.79 Å². The zero-order valence-electron chi connectivity index (χ0n) is 16.7. The Bertz CT molecular complexity index is 1150. The van der Waals surface area contributed by atoms with E-state index in [0.29, 0.717) is 26.3 Å². The third-order valence-corrected chi connectivity index (χ3v) is 5.27. The first-order chi connectivity index (χ1) is 14.4. The molecule has 9 heteroatoms. The van der Waals surface area contributed by atoms with Gasteiger partial charge in [0.2, 0.25) is 0 Å². The molecule has 0 aliphatic rings. The van der Waals surface area contributed by atoms with Crippen molar-refractivity contribution in [2.45, 2.75) is 19.6 Å². The first-order valence-electron chi connectivity index (χ1n) is 9.01. The predicted octanol–water partition coefficient (Wildman–Crippen LogP) is 2.56. The highest BCUT2D eigenvalue weighted by atomic mass is 32.1. The highest BCUT2D eigenvalue weighted by Crippen LogP contribution is 2.20. The van der Waals surface area contributed by atoms with Gasteiger partial charge in [0.1, 0.15) is 12.3 Å². The van der Waals surface area contributed by atoms with E-state index in [0.717, 1.165) is 0 Å². The zero-order valence-corrected chi connectivity index (χ0v) is 17.5. The summed E-state index contributed by atoms with van der Waals surface area (Å²) in [7, 11) is 2.58. The number of nitrogens with zero attached hydrogens (tertiary/aromatic N) is 2. The first kappa shape index (κ1) is 21.3. The highest BCUT2D eigenvalue weighted by molar-refractivity contribution is 7.16. The lowest BCUT2D eigenvalue weighted by molar-refractivity contribution is -0.141. The third kappa shape index (κ3) is 4.74. The minimum absolute atomic E-state index is 0.131. The van der Waals surface area contributed by atoms with Gasteiger partial charge in [-0.1, -0.05) is 29.5 Å². The molecule has 1 aromatic heterocycles. The molecule has 0 spiro atoms. The van der Waals surface area contributed by atoms with Gasteiger partial charge in [-0.3, -0.25) is 9.59 Å². The van der Waals surface area contributed by atoms with Crippen LogP contribution in [0.1, 0.15) is 17.3 Å². The SMILES string of the molecule is COC(=O)Cn1c(=NC(=O)C(C)Oc2ccccc2)sc2cc(C(=O)OC)ccc21. The molecule has 0 saturated heterocycles. The van der Waals surface area contributed by atoms with Gasteiger partial charge in [0, 0.05) is 0 Å². The number of ether oxygens (including phenoxy) is 3. The molecular weight excluding hydrogens is 408 g/mol. The van der Waals surface area contributed by atoms with E-state index < -0.39 is 23.9 Å². The van der Waals surface area contributed by atoms with Crippen LogP contribution in [0.2, 0.25) is 0 Å². The van der Waals surface area contributed by atoms with Gasteiger partial charge in [-0.05, 0) is 37.3 Å². The lowest BCUT2D eigenvalue weighted by Gasteiger charge is -2.10. The van der Waals surface area contributed by atoms with Crippen molar-refractivity contribution < 1.29 is 28.6 Å². The van der Waals surface area contributed by atoms with E-state index in [-0.39, 0.29) is 6.54 Å². The predicted molar refractivity (Wildman–Crippen MR) is 110 cm³/mol. The second-order valence-electron chi connectivity index (χ2n) is 6.24. The van der Waals surface area contributed by atoms with E-state index in [9.17, 15) is 14.4 Å². The summed E-state index contributed by atoms with van der Waals surface area (Å²) in [6.45, 7) is 1.47. The van der Waals surface area contributed by atoms with Crippen molar-refractivity contribution in [2.24, 2.45) is 4.99 Å². The standard InChI is InChI=1S/C21H20N2O6S/c1-13(29-15-7-5-4-6-8-15)19(25)22-21-23(12-18(24)27-2)16-10-9-14(20(26)28-3)11-17(16)30-21/h4-11,13H,12H2,1-3H3. The summed E-state index contributed by atoms with van der Waals surface area (Å²) in [5.41, 5.74) is 0.997. The summed E-state index contributed by atoms with van der Waals surface area (Å²) < 4.78 is 17.4. The van der Waals surface area contributed by atoms with Crippen LogP contribution in [-0.2, 0) is 25.6 Å². The molecule has 30 heavy (non-hydrogen) atoms. The Morgan fingerprint density at radius 1 is 1.07 bits per heavy atom. The number of para-hydroxylation sites is 1. The van der Waals surface area contributed by atoms with Gasteiger partial charge in [0.05, 0.1) is 30.0 Å². The lowest BCUT2D eigenvalue weighted by atomic mass is 10.2. The van der Waals surface area contributed by atoms with Crippen molar-refractivity contribution in [1.82, 2.24) is 4.57 Å². The van der Waals surface area contributed by atoms with Crippen LogP contribution >= 0.6 is 11.3 Å².